The van der Waals surface area contributed by atoms with Crippen molar-refractivity contribution in [1.29, 1.82) is 0 Å². The van der Waals surface area contributed by atoms with E-state index < -0.39 is 0 Å². The van der Waals surface area contributed by atoms with Crippen molar-refractivity contribution in [3.8, 4) is 0 Å². The van der Waals surface area contributed by atoms with Gasteiger partial charge in [0.1, 0.15) is 12.3 Å². The molecule has 1 aromatic rings. The highest BCUT2D eigenvalue weighted by molar-refractivity contribution is 5.93. The Bertz CT molecular complexity index is 333. The maximum atomic E-state index is 5.56. The van der Waals surface area contributed by atoms with Crippen LogP contribution in [0.25, 0.3) is 0 Å². The fourth-order valence-corrected chi connectivity index (χ4v) is 1.43. The molecule has 2 rings (SSSR count). The van der Waals surface area contributed by atoms with Crippen molar-refractivity contribution in [1.82, 2.24) is 4.98 Å². The number of nitrogens with zero attached hydrogens (tertiary/aromatic N) is 1. The van der Waals surface area contributed by atoms with Crippen LogP contribution in [0.15, 0.2) is 23.3 Å². The van der Waals surface area contributed by atoms with Gasteiger partial charge < -0.3 is 9.72 Å². The summed E-state index contributed by atoms with van der Waals surface area (Å²) in [6.07, 6.45) is 1.88. The van der Waals surface area contributed by atoms with E-state index in [9.17, 15) is 0 Å². The number of H-pyrrole nitrogens is 1. The number of aromatic amines is 1. The lowest BCUT2D eigenvalue weighted by atomic mass is 9.88. The average Bonchev–Trinajstić information content (AvgIpc) is 2.73. The van der Waals surface area contributed by atoms with Crippen LogP contribution in [0.3, 0.4) is 0 Å². The molecule has 2 heterocycles. The van der Waals surface area contributed by atoms with Crippen molar-refractivity contribution in [2.75, 3.05) is 6.61 Å². The van der Waals surface area contributed by atoms with E-state index in [1.54, 1.807) is 0 Å². The third-order valence-electron chi connectivity index (χ3n) is 2.48. The number of nitrogens with one attached hydrogen (secondary N) is 1. The maximum absolute atomic E-state index is 5.56. The van der Waals surface area contributed by atoms with Crippen LogP contribution in [0.4, 0.5) is 0 Å². The number of aliphatic imine (C=N–C) groups is 1. The Morgan fingerprint density at radius 3 is 2.79 bits per heavy atom. The lowest BCUT2D eigenvalue weighted by molar-refractivity contribution is 0.235. The Labute approximate surface area is 84.2 Å². The molecule has 76 valence electrons. The summed E-state index contributed by atoms with van der Waals surface area (Å²) in [5.74, 6) is 0.745. The predicted octanol–water partition coefficient (Wildman–Crippen LogP) is 2.21. The highest BCUT2D eigenvalue weighted by Gasteiger charge is 2.30. The van der Waals surface area contributed by atoms with Crippen molar-refractivity contribution in [3.63, 3.8) is 0 Å². The van der Waals surface area contributed by atoms with Gasteiger partial charge in [-0.1, -0.05) is 20.8 Å². The van der Waals surface area contributed by atoms with E-state index >= 15 is 0 Å². The zero-order valence-corrected chi connectivity index (χ0v) is 8.87. The predicted molar refractivity (Wildman–Crippen MR) is 56.5 cm³/mol. The molecular weight excluding hydrogens is 176 g/mol. The minimum atomic E-state index is 0.175. The molecule has 3 heteroatoms. The fourth-order valence-electron chi connectivity index (χ4n) is 1.43. The van der Waals surface area contributed by atoms with Gasteiger partial charge in [0, 0.05) is 6.20 Å². The molecule has 1 N–H and O–H groups in total. The highest BCUT2D eigenvalue weighted by Crippen LogP contribution is 2.26. The number of aromatic nitrogens is 1. The van der Waals surface area contributed by atoms with Gasteiger partial charge in [-0.3, -0.25) is 0 Å². The molecule has 1 aromatic heterocycles. The van der Waals surface area contributed by atoms with Gasteiger partial charge in [0.05, 0.1) is 6.04 Å². The highest BCUT2D eigenvalue weighted by atomic mass is 16.5. The zero-order chi connectivity index (χ0) is 10.2. The Balaban J connectivity index is 2.18. The van der Waals surface area contributed by atoms with Gasteiger partial charge in [0.2, 0.25) is 5.90 Å². The van der Waals surface area contributed by atoms with Crippen LogP contribution in [0.2, 0.25) is 0 Å². The Morgan fingerprint density at radius 1 is 1.50 bits per heavy atom. The van der Waals surface area contributed by atoms with E-state index in [4.69, 9.17) is 4.74 Å². The molecule has 0 fully saturated rings. The molecule has 0 amide bonds. The third kappa shape index (κ3) is 1.67. The van der Waals surface area contributed by atoms with Crippen LogP contribution in [-0.2, 0) is 4.74 Å². The first-order valence-electron chi connectivity index (χ1n) is 4.92. The second-order valence-electron chi connectivity index (χ2n) is 4.71. The number of rotatable bonds is 1. The summed E-state index contributed by atoms with van der Waals surface area (Å²) < 4.78 is 5.56. The SMILES string of the molecule is CC(C)(C)[C@H]1COC(c2ccc[nH]2)=N1. The average molecular weight is 192 g/mol. The van der Waals surface area contributed by atoms with Gasteiger partial charge in [-0.25, -0.2) is 4.99 Å². The number of hydrogen-bond donors (Lipinski definition) is 1. The summed E-state index contributed by atoms with van der Waals surface area (Å²) in [5, 5.41) is 0. The standard InChI is InChI=1S/C11H16N2O/c1-11(2,3)9-7-14-10(13-9)8-5-4-6-12-8/h4-6,9,12H,7H2,1-3H3/t9-/m1/s1. The van der Waals surface area contributed by atoms with Crippen molar-refractivity contribution in [2.24, 2.45) is 10.4 Å². The Hall–Kier alpha value is -1.25. The molecule has 0 spiro atoms. The van der Waals surface area contributed by atoms with Crippen molar-refractivity contribution < 1.29 is 4.74 Å². The maximum Gasteiger partial charge on any atom is 0.233 e. The number of ether oxygens (including phenoxy) is 1. The topological polar surface area (TPSA) is 37.4 Å². The quantitative estimate of drug-likeness (QED) is 0.727. The first kappa shape index (κ1) is 9.31. The van der Waals surface area contributed by atoms with E-state index in [1.165, 1.54) is 0 Å². The van der Waals surface area contributed by atoms with Crippen LogP contribution in [-0.4, -0.2) is 23.5 Å². The first-order chi connectivity index (χ1) is 6.57. The molecule has 14 heavy (non-hydrogen) atoms. The van der Waals surface area contributed by atoms with E-state index in [0.717, 1.165) is 11.6 Å². The molecule has 0 aromatic carbocycles. The Morgan fingerprint density at radius 2 is 2.29 bits per heavy atom. The normalized spacial score (nSPS) is 21.9. The van der Waals surface area contributed by atoms with Crippen LogP contribution >= 0.6 is 0 Å². The lowest BCUT2D eigenvalue weighted by Gasteiger charge is -2.21. The molecule has 0 bridgehead atoms. The summed E-state index contributed by atoms with van der Waals surface area (Å²) in [4.78, 5) is 7.66. The summed E-state index contributed by atoms with van der Waals surface area (Å²) >= 11 is 0. The van der Waals surface area contributed by atoms with Gasteiger partial charge in [0.25, 0.3) is 0 Å². The largest absolute Gasteiger partial charge is 0.474 e. The van der Waals surface area contributed by atoms with Gasteiger partial charge in [-0.15, -0.1) is 0 Å². The molecule has 1 atom stereocenters. The fraction of sp³-hybridized carbons (Fsp3) is 0.545. The summed E-state index contributed by atoms with van der Waals surface area (Å²) in [6, 6.07) is 4.19. The van der Waals surface area contributed by atoms with Crippen molar-refractivity contribution >= 4 is 5.90 Å². The molecule has 3 nitrogen and oxygen atoms in total. The van der Waals surface area contributed by atoms with E-state index in [2.05, 4.69) is 30.7 Å². The van der Waals surface area contributed by atoms with E-state index in [-0.39, 0.29) is 11.5 Å². The molecule has 0 unspecified atom stereocenters. The first-order valence-corrected chi connectivity index (χ1v) is 4.92. The molecule has 0 saturated carbocycles. The molecule has 0 radical (unpaired) electrons. The minimum absolute atomic E-state index is 0.175. The van der Waals surface area contributed by atoms with Gasteiger partial charge >= 0.3 is 0 Å². The zero-order valence-electron chi connectivity index (χ0n) is 8.87. The second kappa shape index (κ2) is 3.15. The monoisotopic (exact) mass is 192 g/mol. The molecule has 0 aliphatic carbocycles. The number of hydrogen-bond acceptors (Lipinski definition) is 2. The van der Waals surface area contributed by atoms with Crippen LogP contribution in [0.1, 0.15) is 26.5 Å². The smallest absolute Gasteiger partial charge is 0.233 e. The minimum Gasteiger partial charge on any atom is -0.474 e. The van der Waals surface area contributed by atoms with Crippen molar-refractivity contribution in [2.45, 2.75) is 26.8 Å². The van der Waals surface area contributed by atoms with E-state index in [0.29, 0.717) is 6.61 Å². The van der Waals surface area contributed by atoms with Gasteiger partial charge in [-0.2, -0.15) is 0 Å². The van der Waals surface area contributed by atoms with E-state index in [1.807, 2.05) is 18.3 Å². The molecular formula is C11H16N2O. The van der Waals surface area contributed by atoms with Gasteiger partial charge in [0.15, 0.2) is 0 Å². The Kier molecular flexibility index (Phi) is 2.10. The third-order valence-corrected chi connectivity index (χ3v) is 2.48. The van der Waals surface area contributed by atoms with Gasteiger partial charge in [-0.05, 0) is 17.5 Å². The lowest BCUT2D eigenvalue weighted by Crippen LogP contribution is -2.25. The molecule has 1 aliphatic rings. The van der Waals surface area contributed by atoms with Crippen molar-refractivity contribution in [3.05, 3.63) is 24.0 Å². The molecule has 0 saturated heterocycles. The van der Waals surface area contributed by atoms with Crippen LogP contribution < -0.4 is 0 Å². The second-order valence-corrected chi connectivity index (χ2v) is 4.71. The molecule has 1 aliphatic heterocycles. The summed E-state index contributed by atoms with van der Waals surface area (Å²) in [5.41, 5.74) is 1.14. The summed E-state index contributed by atoms with van der Waals surface area (Å²) in [7, 11) is 0. The van der Waals surface area contributed by atoms with Crippen LogP contribution in [0.5, 0.6) is 0 Å². The van der Waals surface area contributed by atoms with Crippen LogP contribution in [0, 0.1) is 5.41 Å². The summed E-state index contributed by atoms with van der Waals surface area (Å²) in [6.45, 7) is 7.24.